The van der Waals surface area contributed by atoms with E-state index in [0.29, 0.717) is 0 Å². The Labute approximate surface area is 169 Å². The Balaban J connectivity index is 1.50. The number of hydrogen-bond donors (Lipinski definition) is 1. The molecular weight excluding hydrogens is 358 g/mol. The second-order valence-electron chi connectivity index (χ2n) is 7.25. The highest BCUT2D eigenvalue weighted by Crippen LogP contribution is 2.33. The zero-order chi connectivity index (χ0) is 19.6. The number of aromatic amines is 1. The van der Waals surface area contributed by atoms with Crippen LogP contribution in [0.2, 0.25) is 0 Å². The summed E-state index contributed by atoms with van der Waals surface area (Å²) in [4.78, 5) is 7.90. The van der Waals surface area contributed by atoms with Gasteiger partial charge in [-0.25, -0.2) is 9.99 Å². The second kappa shape index (κ2) is 7.42. The van der Waals surface area contributed by atoms with E-state index in [0.717, 1.165) is 65.0 Å². The summed E-state index contributed by atoms with van der Waals surface area (Å²) < 4.78 is 0. The fraction of sp³-hybridized carbons (Fsp3) is 0.167. The van der Waals surface area contributed by atoms with Crippen molar-refractivity contribution in [2.24, 2.45) is 0 Å². The van der Waals surface area contributed by atoms with E-state index >= 15 is 0 Å². The molecule has 1 fully saturated rings. The molecule has 0 amide bonds. The smallest absolute Gasteiger partial charge is 0.0998 e. The zero-order valence-corrected chi connectivity index (χ0v) is 16.0. The van der Waals surface area contributed by atoms with E-state index < -0.39 is 0 Å². The van der Waals surface area contributed by atoms with Crippen molar-refractivity contribution in [2.75, 3.05) is 18.1 Å². The number of hydrogen-bond acceptors (Lipinski definition) is 4. The first-order chi connectivity index (χ1) is 14.3. The van der Waals surface area contributed by atoms with Crippen LogP contribution in [0.1, 0.15) is 17.7 Å². The van der Waals surface area contributed by atoms with Crippen LogP contribution < -0.4 is 5.01 Å². The van der Waals surface area contributed by atoms with E-state index in [9.17, 15) is 5.26 Å². The van der Waals surface area contributed by atoms with Crippen molar-refractivity contribution in [3.63, 3.8) is 0 Å². The Morgan fingerprint density at radius 3 is 2.55 bits per heavy atom. The average molecular weight is 379 g/mol. The summed E-state index contributed by atoms with van der Waals surface area (Å²) >= 11 is 0. The fourth-order valence-corrected chi connectivity index (χ4v) is 4.18. The lowest BCUT2D eigenvalue weighted by atomic mass is 10.0. The molecule has 29 heavy (non-hydrogen) atoms. The lowest BCUT2D eigenvalue weighted by molar-refractivity contribution is 0.301. The van der Waals surface area contributed by atoms with Gasteiger partial charge < -0.3 is 9.99 Å². The highest BCUT2D eigenvalue weighted by atomic mass is 15.6. The van der Waals surface area contributed by atoms with E-state index in [2.05, 4.69) is 50.3 Å². The molecule has 1 aromatic heterocycles. The molecule has 1 N–H and O–H groups in total. The maximum absolute atomic E-state index is 9.47. The van der Waals surface area contributed by atoms with Crippen LogP contribution in [0.3, 0.4) is 0 Å². The molecule has 0 aliphatic carbocycles. The molecular formula is C24H21N5. The molecule has 0 unspecified atom stereocenters. The molecule has 3 aromatic carbocycles. The van der Waals surface area contributed by atoms with Crippen molar-refractivity contribution in [3.8, 4) is 17.3 Å². The van der Waals surface area contributed by atoms with Gasteiger partial charge in [0.2, 0.25) is 0 Å². The molecule has 4 aromatic rings. The zero-order valence-electron chi connectivity index (χ0n) is 16.0. The van der Waals surface area contributed by atoms with Crippen LogP contribution in [0.4, 0.5) is 5.69 Å². The minimum Gasteiger partial charge on any atom is -0.347 e. The number of fused-ring (bicyclic) bond motifs is 1. The normalized spacial score (nSPS) is 14.4. The minimum absolute atomic E-state index is 0.718. The average Bonchev–Trinajstić information content (AvgIpc) is 3.43. The topological polar surface area (TPSA) is 59.0 Å². The molecule has 0 atom stereocenters. The van der Waals surface area contributed by atoms with Crippen LogP contribution in [0.15, 0.2) is 73.1 Å². The Hall–Kier alpha value is -3.62. The SMILES string of the molecule is N#Cc1ccc(N2CCCN2Cc2[nH]cnc2-c2ccccc2)c2ccccc12. The monoisotopic (exact) mass is 379 g/mol. The van der Waals surface area contributed by atoms with E-state index in [1.165, 1.54) is 0 Å². The molecule has 0 bridgehead atoms. The van der Waals surface area contributed by atoms with Crippen LogP contribution in [0.25, 0.3) is 22.0 Å². The number of H-pyrrole nitrogens is 1. The van der Waals surface area contributed by atoms with Gasteiger partial charge in [-0.1, -0.05) is 54.6 Å². The predicted molar refractivity (Wildman–Crippen MR) is 115 cm³/mol. The van der Waals surface area contributed by atoms with Gasteiger partial charge in [-0.2, -0.15) is 5.26 Å². The summed E-state index contributed by atoms with van der Waals surface area (Å²) in [7, 11) is 0. The number of benzene rings is 3. The minimum atomic E-state index is 0.718. The summed E-state index contributed by atoms with van der Waals surface area (Å²) in [6.45, 7) is 2.71. The Morgan fingerprint density at radius 1 is 0.931 bits per heavy atom. The second-order valence-corrected chi connectivity index (χ2v) is 7.25. The number of nitrogens with one attached hydrogen (secondary N) is 1. The molecule has 142 valence electrons. The summed E-state index contributed by atoms with van der Waals surface area (Å²) in [6.07, 6.45) is 2.87. The number of aromatic nitrogens is 2. The number of anilines is 1. The van der Waals surface area contributed by atoms with Gasteiger partial charge in [-0.15, -0.1) is 0 Å². The molecule has 0 saturated carbocycles. The Kier molecular flexibility index (Phi) is 4.47. The van der Waals surface area contributed by atoms with Crippen LogP contribution in [0, 0.1) is 11.3 Å². The van der Waals surface area contributed by atoms with Crippen LogP contribution in [-0.2, 0) is 6.54 Å². The van der Waals surface area contributed by atoms with E-state index in [4.69, 9.17) is 0 Å². The van der Waals surface area contributed by atoms with Gasteiger partial charge in [0.1, 0.15) is 0 Å². The third kappa shape index (κ3) is 3.14. The van der Waals surface area contributed by atoms with Gasteiger partial charge in [0.05, 0.1) is 41.6 Å². The third-order valence-corrected chi connectivity index (χ3v) is 5.53. The van der Waals surface area contributed by atoms with Crippen molar-refractivity contribution in [1.29, 1.82) is 5.26 Å². The summed E-state index contributed by atoms with van der Waals surface area (Å²) in [5, 5.41) is 16.3. The van der Waals surface area contributed by atoms with E-state index in [1.54, 1.807) is 6.33 Å². The largest absolute Gasteiger partial charge is 0.347 e. The maximum Gasteiger partial charge on any atom is 0.0998 e. The number of rotatable bonds is 4. The van der Waals surface area contributed by atoms with Gasteiger partial charge in [-0.05, 0) is 18.6 Å². The van der Waals surface area contributed by atoms with Gasteiger partial charge in [0.25, 0.3) is 0 Å². The highest BCUT2D eigenvalue weighted by Gasteiger charge is 2.25. The van der Waals surface area contributed by atoms with Crippen molar-refractivity contribution in [1.82, 2.24) is 15.0 Å². The van der Waals surface area contributed by atoms with Crippen molar-refractivity contribution in [2.45, 2.75) is 13.0 Å². The first kappa shape index (κ1) is 17.5. The Bertz CT molecular complexity index is 1190. The standard InChI is InChI=1S/C24H21N5/c25-15-19-11-12-23(21-10-5-4-9-20(19)21)29-14-6-13-28(29)16-22-24(27-17-26-22)18-7-2-1-3-8-18/h1-5,7-12,17H,6,13-14,16H2,(H,26,27). The number of hydrazine groups is 1. The molecule has 1 aliphatic heterocycles. The predicted octanol–water partition coefficient (Wildman–Crippen LogP) is 4.73. The van der Waals surface area contributed by atoms with Crippen molar-refractivity contribution >= 4 is 16.5 Å². The highest BCUT2D eigenvalue weighted by molar-refractivity contribution is 5.97. The molecule has 1 aliphatic rings. The van der Waals surface area contributed by atoms with Crippen LogP contribution in [-0.4, -0.2) is 28.1 Å². The number of nitrogens with zero attached hydrogens (tertiary/aromatic N) is 4. The van der Waals surface area contributed by atoms with E-state index in [1.807, 2.05) is 42.5 Å². The van der Waals surface area contributed by atoms with Crippen LogP contribution >= 0.6 is 0 Å². The quantitative estimate of drug-likeness (QED) is 0.557. The molecule has 5 nitrogen and oxygen atoms in total. The lowest BCUT2D eigenvalue weighted by Crippen LogP contribution is -2.36. The summed E-state index contributed by atoms with van der Waals surface area (Å²) in [5.74, 6) is 0. The van der Waals surface area contributed by atoms with Gasteiger partial charge in [0.15, 0.2) is 0 Å². The lowest BCUT2D eigenvalue weighted by Gasteiger charge is -2.31. The van der Waals surface area contributed by atoms with Crippen molar-refractivity contribution < 1.29 is 0 Å². The number of nitriles is 1. The summed E-state index contributed by atoms with van der Waals surface area (Å²) in [6, 6.07) is 24.8. The maximum atomic E-state index is 9.47. The number of imidazole rings is 1. The molecule has 0 radical (unpaired) electrons. The molecule has 1 saturated heterocycles. The fourth-order valence-electron chi connectivity index (χ4n) is 4.18. The van der Waals surface area contributed by atoms with Gasteiger partial charge in [0, 0.05) is 29.4 Å². The van der Waals surface area contributed by atoms with Gasteiger partial charge >= 0.3 is 0 Å². The van der Waals surface area contributed by atoms with Crippen LogP contribution in [0.5, 0.6) is 0 Å². The molecule has 2 heterocycles. The van der Waals surface area contributed by atoms with E-state index in [-0.39, 0.29) is 0 Å². The Morgan fingerprint density at radius 2 is 1.72 bits per heavy atom. The third-order valence-electron chi connectivity index (χ3n) is 5.53. The molecule has 5 rings (SSSR count). The molecule has 0 spiro atoms. The molecule has 5 heteroatoms. The summed E-state index contributed by atoms with van der Waals surface area (Å²) in [5.41, 5.74) is 5.11. The van der Waals surface area contributed by atoms with Crippen molar-refractivity contribution in [3.05, 3.63) is 84.3 Å². The first-order valence-corrected chi connectivity index (χ1v) is 9.87. The first-order valence-electron chi connectivity index (χ1n) is 9.87. The van der Waals surface area contributed by atoms with Gasteiger partial charge in [-0.3, -0.25) is 0 Å².